The van der Waals surface area contributed by atoms with Gasteiger partial charge < -0.3 is 10.2 Å². The van der Waals surface area contributed by atoms with Gasteiger partial charge in [0, 0.05) is 49.0 Å². The number of para-hydroxylation sites is 1. The standard InChI is InChI=1S/C23H30N4O/c28-23(25-18-7-8-18)17-4-3-13-27(16-17)19-10-14-26(15-11-19)22-9-12-24-21-6-2-1-5-20(21)22/h1-2,5-6,9,12,17-19H,3-4,7-8,10-11,13-16H2,(H,25,28)/t17-/m0/s1. The van der Waals surface area contributed by atoms with Gasteiger partial charge in [-0.15, -0.1) is 0 Å². The Morgan fingerprint density at radius 2 is 1.82 bits per heavy atom. The van der Waals surface area contributed by atoms with Gasteiger partial charge in [-0.2, -0.15) is 0 Å². The number of likely N-dealkylation sites (tertiary alicyclic amines) is 1. The molecule has 0 bridgehead atoms. The summed E-state index contributed by atoms with van der Waals surface area (Å²) in [6, 6.07) is 11.7. The van der Waals surface area contributed by atoms with Crippen LogP contribution in [0.5, 0.6) is 0 Å². The van der Waals surface area contributed by atoms with E-state index in [1.165, 1.54) is 36.8 Å². The second kappa shape index (κ2) is 7.70. The molecule has 2 aromatic rings. The second-order valence-electron chi connectivity index (χ2n) is 8.68. The fourth-order valence-corrected chi connectivity index (χ4v) is 4.93. The Hall–Kier alpha value is -2.14. The van der Waals surface area contributed by atoms with Gasteiger partial charge in [0.05, 0.1) is 11.4 Å². The number of fused-ring (bicyclic) bond motifs is 1. The first-order valence-electron chi connectivity index (χ1n) is 10.9. The van der Waals surface area contributed by atoms with Crippen molar-refractivity contribution in [3.05, 3.63) is 36.5 Å². The fraction of sp³-hybridized carbons (Fsp3) is 0.565. The molecular formula is C23H30N4O. The van der Waals surface area contributed by atoms with Crippen LogP contribution in [0.4, 0.5) is 5.69 Å². The first kappa shape index (κ1) is 17.9. The molecule has 1 aliphatic carbocycles. The van der Waals surface area contributed by atoms with Gasteiger partial charge in [-0.05, 0) is 57.2 Å². The van der Waals surface area contributed by atoms with Gasteiger partial charge in [-0.3, -0.25) is 14.7 Å². The molecule has 3 fully saturated rings. The molecule has 148 valence electrons. The minimum absolute atomic E-state index is 0.191. The maximum atomic E-state index is 12.5. The number of hydrogen-bond acceptors (Lipinski definition) is 4. The first-order valence-corrected chi connectivity index (χ1v) is 10.9. The SMILES string of the molecule is O=C(NC1CC1)[C@H]1CCCN(C2CCN(c3ccnc4ccccc34)CC2)C1. The zero-order valence-corrected chi connectivity index (χ0v) is 16.5. The third-order valence-corrected chi connectivity index (χ3v) is 6.69. The molecule has 0 radical (unpaired) electrons. The van der Waals surface area contributed by atoms with Crippen LogP contribution in [0.1, 0.15) is 38.5 Å². The summed E-state index contributed by atoms with van der Waals surface area (Å²) in [4.78, 5) is 22.1. The first-order chi connectivity index (χ1) is 13.8. The number of anilines is 1. The van der Waals surface area contributed by atoms with E-state index < -0.39 is 0 Å². The van der Waals surface area contributed by atoms with E-state index in [9.17, 15) is 4.79 Å². The monoisotopic (exact) mass is 378 g/mol. The van der Waals surface area contributed by atoms with Crippen LogP contribution in [0.3, 0.4) is 0 Å². The van der Waals surface area contributed by atoms with E-state index in [1.54, 1.807) is 0 Å². The van der Waals surface area contributed by atoms with Crippen LogP contribution in [0.2, 0.25) is 0 Å². The van der Waals surface area contributed by atoms with Crippen molar-refractivity contribution in [3.8, 4) is 0 Å². The summed E-state index contributed by atoms with van der Waals surface area (Å²) in [6.45, 7) is 4.25. The number of pyridine rings is 1. The van der Waals surface area contributed by atoms with E-state index in [0.29, 0.717) is 18.0 Å². The van der Waals surface area contributed by atoms with E-state index in [0.717, 1.165) is 44.5 Å². The Balaban J connectivity index is 1.21. The molecule has 0 unspecified atom stereocenters. The molecule has 1 N–H and O–H groups in total. The highest BCUT2D eigenvalue weighted by molar-refractivity contribution is 5.91. The van der Waals surface area contributed by atoms with Crippen LogP contribution in [0.25, 0.3) is 10.9 Å². The number of nitrogens with zero attached hydrogens (tertiary/aromatic N) is 3. The third-order valence-electron chi connectivity index (χ3n) is 6.69. The highest BCUT2D eigenvalue weighted by atomic mass is 16.2. The summed E-state index contributed by atoms with van der Waals surface area (Å²) < 4.78 is 0. The third kappa shape index (κ3) is 3.72. The quantitative estimate of drug-likeness (QED) is 0.888. The molecule has 5 nitrogen and oxygen atoms in total. The van der Waals surface area contributed by atoms with Crippen molar-refractivity contribution in [2.24, 2.45) is 5.92 Å². The predicted molar refractivity (Wildman–Crippen MR) is 112 cm³/mol. The lowest BCUT2D eigenvalue weighted by Gasteiger charge is -2.42. The molecule has 1 atom stereocenters. The molecule has 2 aliphatic heterocycles. The van der Waals surface area contributed by atoms with Crippen molar-refractivity contribution in [1.82, 2.24) is 15.2 Å². The molecule has 3 heterocycles. The zero-order chi connectivity index (χ0) is 18.9. The van der Waals surface area contributed by atoms with Crippen LogP contribution >= 0.6 is 0 Å². The highest BCUT2D eigenvalue weighted by Gasteiger charge is 2.33. The van der Waals surface area contributed by atoms with Crippen molar-refractivity contribution in [1.29, 1.82) is 0 Å². The molecule has 0 spiro atoms. The van der Waals surface area contributed by atoms with Crippen LogP contribution in [0, 0.1) is 5.92 Å². The van der Waals surface area contributed by atoms with Gasteiger partial charge in [0.2, 0.25) is 5.91 Å². The van der Waals surface area contributed by atoms with E-state index in [4.69, 9.17) is 0 Å². The lowest BCUT2D eigenvalue weighted by atomic mass is 9.93. The van der Waals surface area contributed by atoms with E-state index in [1.807, 2.05) is 6.20 Å². The normalized spacial score (nSPS) is 24.4. The molecular weight excluding hydrogens is 348 g/mol. The fourth-order valence-electron chi connectivity index (χ4n) is 4.93. The second-order valence-corrected chi connectivity index (χ2v) is 8.68. The average Bonchev–Trinajstić information content (AvgIpc) is 3.57. The lowest BCUT2D eigenvalue weighted by Crippen LogP contribution is -2.51. The zero-order valence-electron chi connectivity index (χ0n) is 16.5. The molecule has 1 aromatic carbocycles. The number of aromatic nitrogens is 1. The minimum atomic E-state index is 0.191. The molecule has 2 saturated heterocycles. The molecule has 1 amide bonds. The Morgan fingerprint density at radius 1 is 1.00 bits per heavy atom. The summed E-state index contributed by atoms with van der Waals surface area (Å²) in [7, 11) is 0. The number of piperidine rings is 2. The lowest BCUT2D eigenvalue weighted by molar-refractivity contribution is -0.127. The number of nitrogens with one attached hydrogen (secondary N) is 1. The molecule has 5 heteroatoms. The van der Waals surface area contributed by atoms with Gasteiger partial charge >= 0.3 is 0 Å². The molecule has 28 heavy (non-hydrogen) atoms. The van der Waals surface area contributed by atoms with Crippen molar-refractivity contribution < 1.29 is 4.79 Å². The molecule has 1 aromatic heterocycles. The Morgan fingerprint density at radius 3 is 2.64 bits per heavy atom. The smallest absolute Gasteiger partial charge is 0.224 e. The number of benzene rings is 1. The van der Waals surface area contributed by atoms with Gasteiger partial charge in [-0.25, -0.2) is 0 Å². The van der Waals surface area contributed by atoms with Crippen LogP contribution in [-0.4, -0.2) is 54.1 Å². The topological polar surface area (TPSA) is 48.5 Å². The maximum absolute atomic E-state index is 12.5. The number of carbonyl (C=O) groups excluding carboxylic acids is 1. The highest BCUT2D eigenvalue weighted by Crippen LogP contribution is 2.30. The summed E-state index contributed by atoms with van der Waals surface area (Å²) in [5.74, 6) is 0.490. The van der Waals surface area contributed by atoms with Gasteiger partial charge in [0.1, 0.15) is 0 Å². The van der Waals surface area contributed by atoms with Crippen LogP contribution < -0.4 is 10.2 Å². The summed E-state index contributed by atoms with van der Waals surface area (Å²) in [5, 5.41) is 4.46. The molecule has 3 aliphatic rings. The number of amides is 1. The Kier molecular flexibility index (Phi) is 4.93. The number of carbonyl (C=O) groups is 1. The summed E-state index contributed by atoms with van der Waals surface area (Å²) >= 11 is 0. The van der Waals surface area contributed by atoms with Crippen molar-refractivity contribution in [2.45, 2.75) is 50.6 Å². The molecule has 5 rings (SSSR count). The van der Waals surface area contributed by atoms with Crippen molar-refractivity contribution in [3.63, 3.8) is 0 Å². The van der Waals surface area contributed by atoms with Crippen molar-refractivity contribution in [2.75, 3.05) is 31.1 Å². The van der Waals surface area contributed by atoms with Gasteiger partial charge in [0.25, 0.3) is 0 Å². The number of hydrogen-bond donors (Lipinski definition) is 1. The number of rotatable bonds is 4. The average molecular weight is 379 g/mol. The summed E-state index contributed by atoms with van der Waals surface area (Å²) in [5.41, 5.74) is 2.38. The van der Waals surface area contributed by atoms with Crippen LogP contribution in [-0.2, 0) is 4.79 Å². The van der Waals surface area contributed by atoms with Gasteiger partial charge in [-0.1, -0.05) is 18.2 Å². The predicted octanol–water partition coefficient (Wildman–Crippen LogP) is 3.19. The largest absolute Gasteiger partial charge is 0.371 e. The van der Waals surface area contributed by atoms with Crippen molar-refractivity contribution >= 4 is 22.5 Å². The Bertz CT molecular complexity index is 836. The van der Waals surface area contributed by atoms with E-state index in [-0.39, 0.29) is 5.92 Å². The van der Waals surface area contributed by atoms with E-state index >= 15 is 0 Å². The summed E-state index contributed by atoms with van der Waals surface area (Å²) in [6.07, 6.45) is 8.82. The Labute approximate surface area is 167 Å². The maximum Gasteiger partial charge on any atom is 0.224 e. The molecule has 1 saturated carbocycles. The van der Waals surface area contributed by atoms with Gasteiger partial charge in [0.15, 0.2) is 0 Å². The minimum Gasteiger partial charge on any atom is -0.371 e. The van der Waals surface area contributed by atoms with Crippen LogP contribution in [0.15, 0.2) is 36.5 Å². The van der Waals surface area contributed by atoms with E-state index in [2.05, 4.69) is 50.4 Å².